The zero-order chi connectivity index (χ0) is 47.8. The number of carbonyl (C=O) groups is 3. The van der Waals surface area contributed by atoms with Crippen molar-refractivity contribution in [2.24, 2.45) is 23.7 Å². The van der Waals surface area contributed by atoms with Crippen LogP contribution in [0.5, 0.6) is 0 Å². The van der Waals surface area contributed by atoms with Crippen molar-refractivity contribution in [1.82, 2.24) is 24.8 Å². The van der Waals surface area contributed by atoms with Crippen LogP contribution in [0, 0.1) is 23.7 Å². The van der Waals surface area contributed by atoms with Gasteiger partial charge in [-0.3, -0.25) is 14.4 Å². The van der Waals surface area contributed by atoms with Crippen LogP contribution in [0.15, 0.2) is 30.5 Å². The number of ether oxygens (including phenoxy) is 5. The lowest BCUT2D eigenvalue weighted by Crippen LogP contribution is -2.59. The number of amides is 1. The molecule has 3 N–H and O–H groups in total. The zero-order valence-corrected chi connectivity index (χ0v) is 40.3. The molecule has 1 amide bonds. The molecule has 1 aromatic heterocycles. The van der Waals surface area contributed by atoms with Gasteiger partial charge >= 0.3 is 5.97 Å². The summed E-state index contributed by atoms with van der Waals surface area (Å²) in [6, 6.07) is 6.14. The van der Waals surface area contributed by atoms with Crippen molar-refractivity contribution in [3.05, 3.63) is 47.3 Å². The smallest absolute Gasteiger partial charge is 0.309 e. The average molecular weight is 906 g/mol. The fourth-order valence-electron chi connectivity index (χ4n) is 9.59. The Kier molecular flexibility index (Phi) is 19.0. The first-order valence-corrected chi connectivity index (χ1v) is 22.7. The van der Waals surface area contributed by atoms with Gasteiger partial charge in [0.15, 0.2) is 6.29 Å². The minimum absolute atomic E-state index is 0.0229. The minimum atomic E-state index is -1.88. The molecule has 17 heteroatoms. The number of halogens is 1. The van der Waals surface area contributed by atoms with Crippen molar-refractivity contribution in [2.75, 3.05) is 48.6 Å². The van der Waals surface area contributed by atoms with Crippen LogP contribution in [0.4, 0.5) is 4.39 Å². The molecule has 0 aliphatic carbocycles. The summed E-state index contributed by atoms with van der Waals surface area (Å²) in [6.45, 7) is 13.6. The van der Waals surface area contributed by atoms with Crippen LogP contribution in [-0.4, -0.2) is 160 Å². The quantitative estimate of drug-likeness (QED) is 0.215. The fourth-order valence-corrected chi connectivity index (χ4v) is 9.59. The summed E-state index contributed by atoms with van der Waals surface area (Å²) in [7, 11) is 8.36. The third-order valence-electron chi connectivity index (χ3n) is 13.7. The van der Waals surface area contributed by atoms with Gasteiger partial charge in [0.05, 0.1) is 41.9 Å². The van der Waals surface area contributed by atoms with E-state index in [9.17, 15) is 34.1 Å². The monoisotopic (exact) mass is 906 g/mol. The molecule has 2 aliphatic rings. The van der Waals surface area contributed by atoms with E-state index >= 15 is 0 Å². The Morgan fingerprint density at radius 3 is 2.27 bits per heavy atom. The molecule has 0 bridgehead atoms. The van der Waals surface area contributed by atoms with Gasteiger partial charge in [-0.15, -0.1) is 5.10 Å². The van der Waals surface area contributed by atoms with E-state index < -0.39 is 90.5 Å². The number of Topliss-reactive ketones (excluding diaryl/α,β-unsaturated/α-hetero) is 1. The normalized spacial score (nSPS) is 34.5. The Morgan fingerprint density at radius 1 is 1.03 bits per heavy atom. The fraction of sp³-hybridized carbons (Fsp3) is 0.766. The van der Waals surface area contributed by atoms with Gasteiger partial charge in [-0.1, -0.05) is 64.1 Å². The van der Waals surface area contributed by atoms with E-state index in [1.165, 1.54) is 30.7 Å². The molecule has 64 heavy (non-hydrogen) atoms. The van der Waals surface area contributed by atoms with Crippen molar-refractivity contribution < 1.29 is 57.8 Å². The van der Waals surface area contributed by atoms with Crippen molar-refractivity contribution in [3.8, 4) is 0 Å². The van der Waals surface area contributed by atoms with Crippen LogP contribution in [0.25, 0.3) is 0 Å². The maximum absolute atomic E-state index is 14.7. The molecule has 0 radical (unpaired) electrons. The Bertz CT molecular complexity index is 1810. The number of ketones is 1. The highest BCUT2D eigenvalue weighted by Crippen LogP contribution is 2.39. The van der Waals surface area contributed by atoms with Crippen molar-refractivity contribution in [2.45, 2.75) is 160 Å². The Labute approximate surface area is 379 Å². The Hall–Kier alpha value is -3.42. The Balaban J connectivity index is 1.51. The first kappa shape index (κ1) is 53.2. The summed E-state index contributed by atoms with van der Waals surface area (Å²) in [5.74, 6) is -3.53. The summed E-state index contributed by atoms with van der Waals surface area (Å²) in [5.41, 5.74) is -0.817. The van der Waals surface area contributed by atoms with Crippen LogP contribution in [-0.2, 0) is 50.9 Å². The van der Waals surface area contributed by atoms with Crippen LogP contribution in [0.3, 0.4) is 0 Å². The van der Waals surface area contributed by atoms with E-state index in [4.69, 9.17) is 23.7 Å². The van der Waals surface area contributed by atoms with Gasteiger partial charge in [-0.25, -0.2) is 9.07 Å². The number of aliphatic hydroxyl groups excluding tert-OH is 2. The molecule has 2 aromatic rings. The first-order valence-electron chi connectivity index (χ1n) is 22.7. The maximum Gasteiger partial charge on any atom is 0.309 e. The number of hydrogen-bond donors (Lipinski definition) is 3. The summed E-state index contributed by atoms with van der Waals surface area (Å²) in [4.78, 5) is 43.2. The van der Waals surface area contributed by atoms with Crippen molar-refractivity contribution >= 4 is 17.7 Å². The molecule has 2 fully saturated rings. The van der Waals surface area contributed by atoms with Gasteiger partial charge < -0.3 is 48.8 Å². The number of esters is 1. The number of hydrogen-bond acceptors (Lipinski definition) is 14. The topological polar surface area (TPSA) is 195 Å². The molecule has 1 aromatic carbocycles. The second-order valence-corrected chi connectivity index (χ2v) is 19.1. The molecule has 3 heterocycles. The molecular weight excluding hydrogens is 830 g/mol. The van der Waals surface area contributed by atoms with Crippen molar-refractivity contribution in [3.63, 3.8) is 0 Å². The maximum atomic E-state index is 14.7. The van der Waals surface area contributed by atoms with Gasteiger partial charge in [0.25, 0.3) is 0 Å². The van der Waals surface area contributed by atoms with Gasteiger partial charge in [-0.2, -0.15) is 0 Å². The molecule has 0 unspecified atom stereocenters. The molecule has 4 rings (SSSR count). The summed E-state index contributed by atoms with van der Waals surface area (Å²) in [5, 5.41) is 43.4. The number of aromatic nitrogens is 3. The van der Waals surface area contributed by atoms with E-state index in [0.717, 1.165) is 11.1 Å². The first-order chi connectivity index (χ1) is 30.0. The third-order valence-corrected chi connectivity index (χ3v) is 13.7. The van der Waals surface area contributed by atoms with E-state index in [2.05, 4.69) is 10.3 Å². The predicted molar refractivity (Wildman–Crippen MR) is 237 cm³/mol. The average Bonchev–Trinajstić information content (AvgIpc) is 3.73. The van der Waals surface area contributed by atoms with Crippen LogP contribution >= 0.6 is 0 Å². The second kappa shape index (κ2) is 22.9. The van der Waals surface area contributed by atoms with Crippen LogP contribution in [0.2, 0.25) is 0 Å². The molecule has 2 saturated heterocycles. The van der Waals surface area contributed by atoms with Crippen LogP contribution in [0.1, 0.15) is 110 Å². The molecule has 0 spiro atoms. The summed E-state index contributed by atoms with van der Waals surface area (Å²) < 4.78 is 47.1. The molecule has 362 valence electrons. The molecule has 2 aliphatic heterocycles. The number of methoxy groups -OCH3 is 2. The predicted octanol–water partition coefficient (Wildman–Crippen LogP) is 4.28. The number of nitrogens with zero attached hydrogens (tertiary/aromatic N) is 5. The van der Waals surface area contributed by atoms with Crippen LogP contribution < -0.4 is 0 Å². The lowest BCUT2D eigenvalue weighted by Gasteiger charge is -2.47. The SMILES string of the molecule is CC[C@H]1OC(=O)[C@H](C)C[C@H](C)[C@@H](O[C@@H]2O[C@H](C)C[C@H](N(C)CCc3cn([C@H](CF)[C@H](OC)c4ccc(CC(=O)N(C)C)cc4)nn3)[C@H]2O)[C@](C)(OC)C[C@@H](C)C(=O)[C@H](C)[C@@H](O)[C@]1(C)O. The highest BCUT2D eigenvalue weighted by atomic mass is 19.1. The minimum Gasteiger partial charge on any atom is -0.459 e. The number of rotatable bonds is 15. The number of benzene rings is 1. The van der Waals surface area contributed by atoms with Gasteiger partial charge in [0.1, 0.15) is 42.4 Å². The number of cyclic esters (lactones) is 1. The molecule has 0 saturated carbocycles. The summed E-state index contributed by atoms with van der Waals surface area (Å²) in [6.07, 6.45) is -2.99. The van der Waals surface area contributed by atoms with E-state index in [0.29, 0.717) is 25.1 Å². The number of likely N-dealkylation sites (N-methyl/N-ethyl adjacent to an activating group) is 2. The third kappa shape index (κ3) is 12.5. The lowest BCUT2D eigenvalue weighted by molar-refractivity contribution is -0.298. The van der Waals surface area contributed by atoms with Gasteiger partial charge in [0.2, 0.25) is 5.91 Å². The largest absolute Gasteiger partial charge is 0.459 e. The zero-order valence-electron chi connectivity index (χ0n) is 40.3. The lowest BCUT2D eigenvalue weighted by atomic mass is 9.74. The van der Waals surface area contributed by atoms with E-state index in [1.54, 1.807) is 48.0 Å². The molecule has 15 atom stereocenters. The van der Waals surface area contributed by atoms with E-state index in [1.807, 2.05) is 57.0 Å². The number of alkyl halides is 1. The summed E-state index contributed by atoms with van der Waals surface area (Å²) >= 11 is 0. The number of aliphatic hydroxyl groups is 3. The second-order valence-electron chi connectivity index (χ2n) is 19.1. The highest BCUT2D eigenvalue weighted by Gasteiger charge is 2.50. The van der Waals surface area contributed by atoms with E-state index in [-0.39, 0.29) is 49.4 Å². The standard InChI is InChI=1S/C47H76FN5O11/c1-14-37-47(8,59)42(57)31(6)39(55)29(4)24-46(7,61-13)43(27(2)21-28(3)44(58)63-37)64-45-40(56)35(22-30(5)62-45)52(11)20-19-34-26-53(50-49-34)36(25-48)41(60-12)33-17-15-32(16-18-33)23-38(54)51(9)10/h15-18,26-31,35-37,40-43,45,56-57,59H,14,19-25H2,1-13H3/t27-,28+,29+,30+,31-,35-,36+,37+,40+,41+,42+,43+,45-,46+,47+/m0/s1. The molecular formula is C47H76FN5O11. The highest BCUT2D eigenvalue weighted by molar-refractivity contribution is 5.83. The molecule has 16 nitrogen and oxygen atoms in total. The number of carbonyl (C=O) groups excluding carboxylic acids is 3. The Morgan fingerprint density at radius 2 is 1.69 bits per heavy atom. The van der Waals surface area contributed by atoms with Gasteiger partial charge in [0, 0.05) is 65.4 Å². The van der Waals surface area contributed by atoms with Crippen molar-refractivity contribution in [1.29, 1.82) is 0 Å². The van der Waals surface area contributed by atoms with Gasteiger partial charge in [-0.05, 0) is 70.5 Å².